The lowest BCUT2D eigenvalue weighted by Crippen LogP contribution is -2.14. The lowest BCUT2D eigenvalue weighted by Gasteiger charge is -2.18. The minimum atomic E-state index is -0.0337. The molecule has 0 atom stereocenters. The molecule has 8 rings (SSSR count). The number of pyridine rings is 8. The Hall–Kier alpha value is -4.28. The molecular weight excluding hydrogens is 1880 g/mol. The van der Waals surface area contributed by atoms with Crippen LogP contribution in [0.4, 0.5) is 0 Å². The lowest BCUT2D eigenvalue weighted by molar-refractivity contribution is -0.117. The summed E-state index contributed by atoms with van der Waals surface area (Å²) in [5.41, 5.74) is 17.6. The second-order valence-electron chi connectivity index (χ2n) is 35.1. The zero-order valence-corrected chi connectivity index (χ0v) is 83.0. The molecule has 0 N–H and O–H groups in total. The average Bonchev–Trinajstić information content (AvgIpc) is 0.817. The molecule has 0 bridgehead atoms. The van der Waals surface area contributed by atoms with Gasteiger partial charge in [0.15, 0.2) is 11.6 Å². The fraction of sp³-hybridized carbons (Fsp3) is 0.506. The van der Waals surface area contributed by atoms with Gasteiger partial charge in [0.2, 0.25) is 0 Å². The largest absolute Gasteiger partial charge is 0.300 e. The number of Topliss-reactive ketones (excluding diaryl/α,β-unsaturated/α-hetero) is 4. The zero-order valence-electron chi connectivity index (χ0n) is 70.3. The van der Waals surface area contributed by atoms with E-state index in [2.05, 4.69) is 398 Å². The van der Waals surface area contributed by atoms with Gasteiger partial charge < -0.3 is 0 Å². The van der Waals surface area contributed by atoms with Gasteiger partial charge in [0.25, 0.3) is 0 Å². The fourth-order valence-corrected chi connectivity index (χ4v) is 13.0. The summed E-state index contributed by atoms with van der Waals surface area (Å²) < 4.78 is 6.76. The molecule has 600 valence electrons. The molecule has 0 aliphatic carbocycles. The Kier molecular flexibility index (Phi) is 43.4. The van der Waals surface area contributed by atoms with Crippen molar-refractivity contribution in [3.8, 4) is 0 Å². The number of hydrogen-bond acceptors (Lipinski definition) is 12. The van der Waals surface area contributed by atoms with Crippen molar-refractivity contribution in [3.63, 3.8) is 0 Å². The maximum absolute atomic E-state index is 11.2. The molecule has 0 saturated carbocycles. The number of ketones is 4. The maximum Gasteiger partial charge on any atom is 0.159 e. The van der Waals surface area contributed by atoms with E-state index in [9.17, 15) is 19.2 Å². The second-order valence-corrected chi connectivity index (χ2v) is 41.6. The van der Waals surface area contributed by atoms with E-state index >= 15 is 0 Å². The topological polar surface area (TPSA) is 171 Å². The van der Waals surface area contributed by atoms with Gasteiger partial charge in [-0.3, -0.25) is 19.2 Å². The van der Waals surface area contributed by atoms with Crippen molar-refractivity contribution in [2.45, 2.75) is 298 Å². The Morgan fingerprint density at radius 3 is 0.596 bits per heavy atom. The van der Waals surface area contributed by atoms with Gasteiger partial charge in [-0.25, -0.2) is 39.9 Å². The smallest absolute Gasteiger partial charge is 0.159 e. The summed E-state index contributed by atoms with van der Waals surface area (Å²) in [6, 6.07) is 31.8. The van der Waals surface area contributed by atoms with E-state index < -0.39 is 0 Å². The quantitative estimate of drug-likeness (QED) is 0.104. The number of aromatic nitrogens is 8. The molecule has 0 aliphatic rings. The fourth-order valence-electron chi connectivity index (χ4n) is 9.11. The van der Waals surface area contributed by atoms with Gasteiger partial charge in [0.05, 0.1) is 0 Å². The van der Waals surface area contributed by atoms with Crippen LogP contribution >= 0.6 is 127 Å². The van der Waals surface area contributed by atoms with Crippen molar-refractivity contribution < 1.29 is 19.2 Å². The molecule has 8 heterocycles. The van der Waals surface area contributed by atoms with Crippen LogP contribution in [0.2, 0.25) is 0 Å². The third kappa shape index (κ3) is 42.1. The second kappa shape index (κ2) is 45.1. The van der Waals surface area contributed by atoms with Gasteiger partial charge in [-0.2, -0.15) is 0 Å². The molecule has 0 radical (unpaired) electrons. The van der Waals surface area contributed by atoms with E-state index in [0.29, 0.717) is 24.0 Å². The molecule has 0 aliphatic heterocycles. The summed E-state index contributed by atoms with van der Waals surface area (Å²) in [6.45, 7) is 66.0. The van der Waals surface area contributed by atoms with E-state index in [0.717, 1.165) is 106 Å². The van der Waals surface area contributed by atoms with E-state index in [1.165, 1.54) is 22.3 Å². The van der Waals surface area contributed by atoms with Gasteiger partial charge in [-0.05, 0) is 312 Å². The summed E-state index contributed by atoms with van der Waals surface area (Å²) in [5, 5.41) is 0. The normalized spacial score (nSPS) is 11.5. The van der Waals surface area contributed by atoms with Crippen LogP contribution in [-0.4, -0.2) is 63.0 Å². The van der Waals surface area contributed by atoms with E-state index in [1.807, 2.05) is 48.5 Å². The zero-order chi connectivity index (χ0) is 84.0. The number of halogens is 8. The highest BCUT2D eigenvalue weighted by Gasteiger charge is 2.24. The van der Waals surface area contributed by atoms with Crippen LogP contribution in [0.1, 0.15) is 315 Å². The highest BCUT2D eigenvalue weighted by Crippen LogP contribution is 2.31. The standard InChI is InChI=1S/2C12H16BrNO.2C11H14BrNO.2C11H16BrN.2C10H14BrN.CH4/c2*1-8(15)5-9-6-10(12(2,3)4)14-11(13)7-9;2*1-7(14)8-5-9(11(2,3)4)13-10(12)6-8;2*1-5-8-6-9(11(2,3)4)13-10(12)7-8;2*1-7-5-8(10(2,3)4)12-9(11)6-7;/h2*6-7H,5H2,1-4H3;2*5-6H,1-4H3;2*6-7H,5H2,1-4H3;2*5-6H,1-4H3;1H4. The summed E-state index contributed by atoms with van der Waals surface area (Å²) in [5.74, 6) is 0.484. The summed E-state index contributed by atoms with van der Waals surface area (Å²) in [4.78, 5) is 79.9. The molecule has 0 unspecified atom stereocenters. The molecule has 0 spiro atoms. The summed E-state index contributed by atoms with van der Waals surface area (Å²) >= 11 is 27.0. The minimum Gasteiger partial charge on any atom is -0.300 e. The van der Waals surface area contributed by atoms with Crippen LogP contribution in [0.5, 0.6) is 0 Å². The molecule has 0 aromatic carbocycles. The van der Waals surface area contributed by atoms with Crippen LogP contribution in [0.15, 0.2) is 134 Å². The number of carbonyl (C=O) groups is 4. The number of aryl methyl sites for hydroxylation is 4. The van der Waals surface area contributed by atoms with Gasteiger partial charge in [-0.15, -0.1) is 0 Å². The predicted octanol–water partition coefficient (Wildman–Crippen LogP) is 28.2. The molecule has 0 fully saturated rings. The summed E-state index contributed by atoms with van der Waals surface area (Å²) in [7, 11) is 0. The Morgan fingerprint density at radius 1 is 0.257 bits per heavy atom. The molecule has 20 heteroatoms. The molecule has 0 amide bonds. The Balaban J connectivity index is 0.00000122. The first-order valence-electron chi connectivity index (χ1n) is 36.2. The van der Waals surface area contributed by atoms with Crippen molar-refractivity contribution in [3.05, 3.63) is 224 Å². The average molecular weight is 2010 g/mol. The van der Waals surface area contributed by atoms with Crippen LogP contribution in [-0.2, 0) is 78.6 Å². The number of rotatable bonds is 8. The lowest BCUT2D eigenvalue weighted by atomic mass is 9.90. The van der Waals surface area contributed by atoms with Crippen molar-refractivity contribution in [1.29, 1.82) is 0 Å². The van der Waals surface area contributed by atoms with Crippen LogP contribution < -0.4 is 0 Å². The van der Waals surface area contributed by atoms with Gasteiger partial charge >= 0.3 is 0 Å². The van der Waals surface area contributed by atoms with Crippen molar-refractivity contribution in [2.75, 3.05) is 0 Å². The van der Waals surface area contributed by atoms with Crippen LogP contribution in [0, 0.1) is 13.8 Å². The maximum atomic E-state index is 11.2. The first-order chi connectivity index (χ1) is 48.8. The van der Waals surface area contributed by atoms with Crippen molar-refractivity contribution in [1.82, 2.24) is 39.9 Å². The predicted molar refractivity (Wildman–Crippen MR) is 489 cm³/mol. The molecule has 12 nitrogen and oxygen atoms in total. The van der Waals surface area contributed by atoms with Crippen LogP contribution in [0.3, 0.4) is 0 Å². The monoisotopic (exact) mass is 2000 g/mol. The Bertz CT molecular complexity index is 3990. The highest BCUT2D eigenvalue weighted by atomic mass is 79.9. The Morgan fingerprint density at radius 2 is 0.422 bits per heavy atom. The number of carbonyl (C=O) groups excluding carboxylic acids is 4. The van der Waals surface area contributed by atoms with Gasteiger partial charge in [0, 0.05) is 113 Å². The molecule has 0 saturated heterocycles. The molecule has 8 aromatic rings. The third-order valence-corrected chi connectivity index (χ3v) is 18.8. The van der Waals surface area contributed by atoms with E-state index in [4.69, 9.17) is 0 Å². The molecule has 109 heavy (non-hydrogen) atoms. The third-order valence-electron chi connectivity index (χ3n) is 15.6. The van der Waals surface area contributed by atoms with E-state index in [1.54, 1.807) is 39.8 Å². The van der Waals surface area contributed by atoms with Gasteiger partial charge in [-0.1, -0.05) is 187 Å². The molecule has 8 aromatic heterocycles. The van der Waals surface area contributed by atoms with E-state index in [-0.39, 0.29) is 73.9 Å². The number of nitrogens with zero attached hydrogens (tertiary/aromatic N) is 8. The van der Waals surface area contributed by atoms with Crippen LogP contribution in [0.25, 0.3) is 0 Å². The highest BCUT2D eigenvalue weighted by molar-refractivity contribution is 9.11. The molecular formula is C89H124Br8N8O4. The SMILES string of the molecule is C.CC(=O)Cc1cc(Br)nc(C(C)(C)C)c1.CC(=O)Cc1cc(Br)nc(C(C)(C)C)c1.CC(=O)c1cc(Br)nc(C(C)(C)C)c1.CC(=O)c1cc(Br)nc(C(C)(C)C)c1.CCc1cc(Br)nc(C(C)(C)C)c1.CCc1cc(Br)nc(C(C)(C)C)c1.Cc1cc(Br)nc(C(C)(C)C)c1.Cc1cc(Br)nc(C(C)(C)C)c1. The van der Waals surface area contributed by atoms with Gasteiger partial charge in [0.1, 0.15) is 48.4 Å². The summed E-state index contributed by atoms with van der Waals surface area (Å²) in [6.07, 6.45) is 3.07. The first kappa shape index (κ1) is 105. The van der Waals surface area contributed by atoms with Crippen molar-refractivity contribution >= 4 is 151 Å². The minimum absolute atomic E-state index is 0. The Labute approximate surface area is 724 Å². The number of hydrogen-bond donors (Lipinski definition) is 0. The first-order valence-corrected chi connectivity index (χ1v) is 42.5. The van der Waals surface area contributed by atoms with Crippen molar-refractivity contribution in [2.24, 2.45) is 0 Å².